The average Bonchev–Trinajstić information content (AvgIpc) is 2.49. The van der Waals surface area contributed by atoms with Crippen molar-refractivity contribution in [2.75, 3.05) is 7.11 Å². The van der Waals surface area contributed by atoms with E-state index >= 15 is 0 Å². The van der Waals surface area contributed by atoms with E-state index < -0.39 is 12.0 Å². The van der Waals surface area contributed by atoms with Crippen LogP contribution in [0.1, 0.15) is 6.92 Å². The maximum absolute atomic E-state index is 9.57. The SMILES string of the molecule is CC(N)C(=O)O.COc1ccc(-c2ccccc2)cc1. The molecule has 4 heteroatoms. The van der Waals surface area contributed by atoms with Gasteiger partial charge < -0.3 is 15.6 Å². The second-order valence-corrected chi connectivity index (χ2v) is 4.22. The summed E-state index contributed by atoms with van der Waals surface area (Å²) in [6.07, 6.45) is 0. The van der Waals surface area contributed by atoms with Crippen LogP contribution in [0.25, 0.3) is 11.1 Å². The number of nitrogens with two attached hydrogens (primary N) is 1. The lowest BCUT2D eigenvalue weighted by Crippen LogP contribution is -2.25. The van der Waals surface area contributed by atoms with Gasteiger partial charge in [0, 0.05) is 0 Å². The monoisotopic (exact) mass is 273 g/mol. The van der Waals surface area contributed by atoms with Gasteiger partial charge >= 0.3 is 5.97 Å². The second-order valence-electron chi connectivity index (χ2n) is 4.22. The zero-order valence-electron chi connectivity index (χ0n) is 11.6. The van der Waals surface area contributed by atoms with Gasteiger partial charge in [-0.15, -0.1) is 0 Å². The molecule has 0 saturated heterocycles. The first-order valence-corrected chi connectivity index (χ1v) is 6.22. The Labute approximate surface area is 118 Å². The summed E-state index contributed by atoms with van der Waals surface area (Å²) in [5.74, 6) is -0.0697. The maximum Gasteiger partial charge on any atom is 0.320 e. The number of benzene rings is 2. The quantitative estimate of drug-likeness (QED) is 0.902. The van der Waals surface area contributed by atoms with Crippen molar-refractivity contribution in [3.05, 3.63) is 54.6 Å². The Morgan fingerprint density at radius 3 is 1.90 bits per heavy atom. The molecule has 0 aliphatic heterocycles. The molecular weight excluding hydrogens is 254 g/mol. The fourth-order valence-corrected chi connectivity index (χ4v) is 1.41. The number of hydrogen-bond acceptors (Lipinski definition) is 3. The van der Waals surface area contributed by atoms with Crippen LogP contribution in [0.3, 0.4) is 0 Å². The number of hydrogen-bond donors (Lipinski definition) is 2. The Bertz CT molecular complexity index is 521. The molecule has 0 spiro atoms. The lowest BCUT2D eigenvalue weighted by molar-refractivity contribution is -0.138. The van der Waals surface area contributed by atoms with E-state index in [1.54, 1.807) is 7.11 Å². The molecule has 1 atom stereocenters. The van der Waals surface area contributed by atoms with Gasteiger partial charge in [-0.25, -0.2) is 0 Å². The van der Waals surface area contributed by atoms with Crippen molar-refractivity contribution >= 4 is 5.97 Å². The zero-order valence-corrected chi connectivity index (χ0v) is 11.6. The van der Waals surface area contributed by atoms with Gasteiger partial charge in [0.1, 0.15) is 11.8 Å². The first kappa shape index (κ1) is 15.7. The van der Waals surface area contributed by atoms with E-state index in [0.29, 0.717) is 0 Å². The molecule has 4 nitrogen and oxygen atoms in total. The minimum absolute atomic E-state index is 0.731. The van der Waals surface area contributed by atoms with Gasteiger partial charge in [0.25, 0.3) is 0 Å². The van der Waals surface area contributed by atoms with Crippen LogP contribution in [0.5, 0.6) is 5.75 Å². The summed E-state index contributed by atoms with van der Waals surface area (Å²) in [4.78, 5) is 9.57. The normalized spacial score (nSPS) is 10.9. The highest BCUT2D eigenvalue weighted by atomic mass is 16.5. The molecule has 20 heavy (non-hydrogen) atoms. The van der Waals surface area contributed by atoms with Crippen molar-refractivity contribution in [2.45, 2.75) is 13.0 Å². The molecule has 0 aliphatic rings. The summed E-state index contributed by atoms with van der Waals surface area (Å²) < 4.78 is 5.11. The maximum atomic E-state index is 9.57. The zero-order chi connectivity index (χ0) is 15.0. The van der Waals surface area contributed by atoms with E-state index in [9.17, 15) is 4.79 Å². The topological polar surface area (TPSA) is 72.6 Å². The van der Waals surface area contributed by atoms with Crippen LogP contribution in [0.4, 0.5) is 0 Å². The predicted octanol–water partition coefficient (Wildman–Crippen LogP) is 2.78. The molecular formula is C16H19NO3. The van der Waals surface area contributed by atoms with Gasteiger partial charge in [0.2, 0.25) is 0 Å². The van der Waals surface area contributed by atoms with Crippen LogP contribution in [0, 0.1) is 0 Å². The third-order valence-corrected chi connectivity index (χ3v) is 2.59. The van der Waals surface area contributed by atoms with Gasteiger partial charge in [-0.05, 0) is 30.2 Å². The van der Waals surface area contributed by atoms with Gasteiger partial charge in [-0.3, -0.25) is 4.79 Å². The number of carboxylic acids is 1. The molecule has 0 aromatic heterocycles. The van der Waals surface area contributed by atoms with Gasteiger partial charge in [0.05, 0.1) is 7.11 Å². The largest absolute Gasteiger partial charge is 0.497 e. The fraction of sp³-hybridized carbons (Fsp3) is 0.188. The number of ether oxygens (including phenoxy) is 1. The molecule has 0 heterocycles. The Morgan fingerprint density at radius 2 is 1.50 bits per heavy atom. The third-order valence-electron chi connectivity index (χ3n) is 2.59. The van der Waals surface area contributed by atoms with Crippen molar-refractivity contribution in [2.24, 2.45) is 5.73 Å². The highest BCUT2D eigenvalue weighted by Gasteiger charge is 1.99. The molecule has 2 aromatic carbocycles. The van der Waals surface area contributed by atoms with Crippen LogP contribution in [0.2, 0.25) is 0 Å². The van der Waals surface area contributed by atoms with Crippen LogP contribution < -0.4 is 10.5 Å². The molecule has 0 radical (unpaired) electrons. The molecule has 0 amide bonds. The van der Waals surface area contributed by atoms with Gasteiger partial charge in [-0.1, -0.05) is 42.5 Å². The summed E-state index contributed by atoms with van der Waals surface area (Å²) in [6.45, 7) is 1.42. The van der Waals surface area contributed by atoms with Gasteiger partial charge in [0.15, 0.2) is 0 Å². The fourth-order valence-electron chi connectivity index (χ4n) is 1.41. The standard InChI is InChI=1S/C13H12O.C3H7NO2/c1-14-13-9-7-12(8-10-13)11-5-3-2-4-6-11;1-2(4)3(5)6/h2-10H,1H3;2H,4H2,1H3,(H,5,6). The molecule has 0 bridgehead atoms. The summed E-state index contributed by atoms with van der Waals surface area (Å²) in [5.41, 5.74) is 7.28. The van der Waals surface area contributed by atoms with E-state index in [0.717, 1.165) is 5.75 Å². The predicted molar refractivity (Wildman–Crippen MR) is 79.7 cm³/mol. The van der Waals surface area contributed by atoms with Crippen LogP contribution in [0.15, 0.2) is 54.6 Å². The molecule has 0 aliphatic carbocycles. The Hall–Kier alpha value is -2.33. The third kappa shape index (κ3) is 5.12. The average molecular weight is 273 g/mol. The summed E-state index contributed by atoms with van der Waals surface area (Å²) in [7, 11) is 1.68. The van der Waals surface area contributed by atoms with Gasteiger partial charge in [-0.2, -0.15) is 0 Å². The first-order chi connectivity index (χ1) is 9.54. The van der Waals surface area contributed by atoms with Crippen molar-refractivity contribution < 1.29 is 14.6 Å². The molecule has 3 N–H and O–H groups in total. The summed E-state index contributed by atoms with van der Waals surface area (Å²) in [5, 5.41) is 7.87. The number of aliphatic carboxylic acids is 1. The number of carbonyl (C=O) groups is 1. The van der Waals surface area contributed by atoms with E-state index in [1.807, 2.05) is 30.3 Å². The molecule has 1 unspecified atom stereocenters. The smallest absolute Gasteiger partial charge is 0.320 e. The molecule has 0 fully saturated rings. The summed E-state index contributed by atoms with van der Waals surface area (Å²) >= 11 is 0. The van der Waals surface area contributed by atoms with Crippen molar-refractivity contribution in [3.8, 4) is 16.9 Å². The highest BCUT2D eigenvalue weighted by molar-refractivity contribution is 5.72. The van der Waals surface area contributed by atoms with Crippen molar-refractivity contribution in [3.63, 3.8) is 0 Å². The van der Waals surface area contributed by atoms with Crippen LogP contribution in [-0.4, -0.2) is 24.2 Å². The lowest BCUT2D eigenvalue weighted by atomic mass is 10.1. The molecule has 106 valence electrons. The minimum atomic E-state index is -0.963. The number of rotatable bonds is 3. The first-order valence-electron chi connectivity index (χ1n) is 6.22. The molecule has 2 rings (SSSR count). The second kappa shape index (κ2) is 7.96. The van der Waals surface area contributed by atoms with E-state index in [1.165, 1.54) is 18.1 Å². The van der Waals surface area contributed by atoms with Crippen LogP contribution >= 0.6 is 0 Å². The van der Waals surface area contributed by atoms with Crippen molar-refractivity contribution in [1.82, 2.24) is 0 Å². The highest BCUT2D eigenvalue weighted by Crippen LogP contribution is 2.21. The lowest BCUT2D eigenvalue weighted by Gasteiger charge is -2.02. The Morgan fingerprint density at radius 1 is 1.05 bits per heavy atom. The van der Waals surface area contributed by atoms with Crippen LogP contribution in [-0.2, 0) is 4.79 Å². The molecule has 0 saturated carbocycles. The van der Waals surface area contributed by atoms with E-state index in [-0.39, 0.29) is 0 Å². The Balaban J connectivity index is 0.000000286. The van der Waals surface area contributed by atoms with E-state index in [2.05, 4.69) is 24.3 Å². The summed E-state index contributed by atoms with van der Waals surface area (Å²) in [6, 6.07) is 17.6. The minimum Gasteiger partial charge on any atom is -0.497 e. The molecule has 2 aromatic rings. The number of methoxy groups -OCH3 is 1. The number of carboxylic acid groups (broad SMARTS) is 1. The van der Waals surface area contributed by atoms with E-state index in [4.69, 9.17) is 15.6 Å². The van der Waals surface area contributed by atoms with Crippen molar-refractivity contribution in [1.29, 1.82) is 0 Å². The Kier molecular flexibility index (Phi) is 6.26.